The fourth-order valence-corrected chi connectivity index (χ4v) is 3.52. The summed E-state index contributed by atoms with van der Waals surface area (Å²) in [6.07, 6.45) is 3.36. The number of amides is 2. The summed E-state index contributed by atoms with van der Waals surface area (Å²) in [5.74, 6) is -1.84. The van der Waals surface area contributed by atoms with Gasteiger partial charge in [0.1, 0.15) is 0 Å². The maximum Gasteiger partial charge on any atom is 0.307 e. The Morgan fingerprint density at radius 2 is 1.79 bits per heavy atom. The number of fused-ring (bicyclic) bond motifs is 2. The largest absolute Gasteiger partial charge is 0.481 e. The molecule has 6 heteroatoms. The van der Waals surface area contributed by atoms with Gasteiger partial charge in [-0.3, -0.25) is 14.4 Å². The van der Waals surface area contributed by atoms with Crippen LogP contribution in [-0.2, 0) is 14.4 Å². The van der Waals surface area contributed by atoms with E-state index < -0.39 is 11.9 Å². The van der Waals surface area contributed by atoms with E-state index in [-0.39, 0.29) is 29.8 Å². The van der Waals surface area contributed by atoms with Crippen molar-refractivity contribution >= 4 is 17.8 Å². The Balaban J connectivity index is 1.76. The molecule has 0 unspecified atom stereocenters. The molecule has 3 rings (SSSR count). The molecule has 2 aliphatic heterocycles. The van der Waals surface area contributed by atoms with Crippen LogP contribution in [0, 0.1) is 11.8 Å². The highest BCUT2D eigenvalue weighted by Crippen LogP contribution is 2.39. The van der Waals surface area contributed by atoms with Gasteiger partial charge in [0.05, 0.1) is 11.8 Å². The Kier molecular flexibility index (Phi) is 2.95. The minimum atomic E-state index is -0.874. The molecule has 4 atom stereocenters. The van der Waals surface area contributed by atoms with Crippen LogP contribution in [0.15, 0.2) is 0 Å². The molecule has 0 aromatic rings. The molecule has 2 amide bonds. The number of nitrogens with one attached hydrogen (secondary N) is 1. The zero-order valence-corrected chi connectivity index (χ0v) is 10.7. The number of carbonyl (C=O) groups excluding carboxylic acids is 2. The third kappa shape index (κ3) is 1.99. The lowest BCUT2D eigenvalue weighted by atomic mass is 9.72. The summed E-state index contributed by atoms with van der Waals surface area (Å²) in [4.78, 5) is 36.9. The van der Waals surface area contributed by atoms with Crippen molar-refractivity contribution in [2.45, 2.75) is 44.2 Å². The first-order valence-corrected chi connectivity index (χ1v) is 6.89. The normalized spacial score (nSPS) is 37.3. The molecule has 3 fully saturated rings. The fourth-order valence-electron chi connectivity index (χ4n) is 3.52. The molecule has 2 N–H and O–H groups in total. The fraction of sp³-hybridized carbons (Fsp3) is 0.769. The number of hydrogen-bond donors (Lipinski definition) is 2. The number of carboxylic acid groups (broad SMARTS) is 1. The van der Waals surface area contributed by atoms with E-state index in [1.807, 2.05) is 0 Å². The molecule has 0 radical (unpaired) electrons. The van der Waals surface area contributed by atoms with Crippen LogP contribution in [0.3, 0.4) is 0 Å². The van der Waals surface area contributed by atoms with Gasteiger partial charge in [0, 0.05) is 25.0 Å². The second-order valence-corrected chi connectivity index (χ2v) is 5.77. The summed E-state index contributed by atoms with van der Waals surface area (Å²) < 4.78 is 0. The van der Waals surface area contributed by atoms with Crippen LogP contribution in [0.1, 0.15) is 32.1 Å². The molecular weight excluding hydrogens is 248 g/mol. The summed E-state index contributed by atoms with van der Waals surface area (Å²) in [5, 5.41) is 11.9. The number of aliphatic carboxylic acids is 1. The van der Waals surface area contributed by atoms with Crippen molar-refractivity contribution in [1.29, 1.82) is 0 Å². The van der Waals surface area contributed by atoms with E-state index in [0.29, 0.717) is 25.8 Å². The average molecular weight is 266 g/mol. The topological polar surface area (TPSA) is 86.7 Å². The monoisotopic (exact) mass is 266 g/mol. The average Bonchev–Trinajstić information content (AvgIpc) is 2.57. The molecule has 0 aromatic heterocycles. The van der Waals surface area contributed by atoms with Crippen molar-refractivity contribution in [3.8, 4) is 0 Å². The Bertz CT molecular complexity index is 436. The van der Waals surface area contributed by atoms with Gasteiger partial charge < -0.3 is 15.3 Å². The van der Waals surface area contributed by atoms with Crippen LogP contribution in [0.4, 0.5) is 0 Å². The lowest BCUT2D eigenvalue weighted by Crippen LogP contribution is -2.51. The van der Waals surface area contributed by atoms with Crippen molar-refractivity contribution in [1.82, 2.24) is 10.2 Å². The summed E-state index contributed by atoms with van der Waals surface area (Å²) in [6.45, 7) is 0.505. The Hall–Kier alpha value is -1.59. The van der Waals surface area contributed by atoms with Gasteiger partial charge >= 0.3 is 5.97 Å². The van der Waals surface area contributed by atoms with Gasteiger partial charge in [-0.05, 0) is 25.7 Å². The molecule has 19 heavy (non-hydrogen) atoms. The van der Waals surface area contributed by atoms with Gasteiger partial charge in [0.15, 0.2) is 0 Å². The van der Waals surface area contributed by atoms with Crippen LogP contribution in [0.2, 0.25) is 0 Å². The van der Waals surface area contributed by atoms with Crippen LogP contribution in [0.25, 0.3) is 0 Å². The van der Waals surface area contributed by atoms with E-state index in [1.54, 1.807) is 4.90 Å². The molecule has 1 aliphatic carbocycles. The van der Waals surface area contributed by atoms with Crippen LogP contribution < -0.4 is 5.32 Å². The number of carboxylic acids is 1. The highest BCUT2D eigenvalue weighted by Gasteiger charge is 2.48. The molecular formula is C13H18N2O4. The minimum Gasteiger partial charge on any atom is -0.481 e. The lowest BCUT2D eigenvalue weighted by molar-refractivity contribution is -0.158. The Labute approximate surface area is 111 Å². The van der Waals surface area contributed by atoms with Gasteiger partial charge in [-0.1, -0.05) is 0 Å². The second kappa shape index (κ2) is 4.51. The first-order valence-electron chi connectivity index (χ1n) is 6.89. The zero-order valence-electron chi connectivity index (χ0n) is 10.7. The van der Waals surface area contributed by atoms with Crippen LogP contribution in [0.5, 0.6) is 0 Å². The van der Waals surface area contributed by atoms with E-state index >= 15 is 0 Å². The van der Waals surface area contributed by atoms with Crippen molar-refractivity contribution in [2.24, 2.45) is 11.8 Å². The molecule has 2 saturated heterocycles. The van der Waals surface area contributed by atoms with Crippen molar-refractivity contribution in [3.63, 3.8) is 0 Å². The van der Waals surface area contributed by atoms with Gasteiger partial charge in [0.25, 0.3) is 0 Å². The molecule has 0 aromatic carbocycles. The van der Waals surface area contributed by atoms with E-state index in [9.17, 15) is 14.4 Å². The maximum atomic E-state index is 12.5. The standard InChI is InChI=1S/C13H18N2O4/c16-11-5-7-1-2-8(6-14-11)15(7)12(17)9-3-4-10(9)13(18)19/h7-10H,1-6H2,(H,14,16)(H,18,19)/t7-,8+,9+,10-/m1/s1. The van der Waals surface area contributed by atoms with Crippen molar-refractivity contribution < 1.29 is 19.5 Å². The smallest absolute Gasteiger partial charge is 0.307 e. The van der Waals surface area contributed by atoms with E-state index in [1.165, 1.54) is 0 Å². The molecule has 0 spiro atoms. The summed E-state index contributed by atoms with van der Waals surface area (Å²) in [6, 6.07) is 0.0223. The van der Waals surface area contributed by atoms with E-state index in [0.717, 1.165) is 12.8 Å². The van der Waals surface area contributed by atoms with Gasteiger partial charge in [0.2, 0.25) is 11.8 Å². The predicted octanol–water partition coefficient (Wildman–Crippen LogP) is -0.0233. The second-order valence-electron chi connectivity index (χ2n) is 5.77. The molecule has 1 saturated carbocycles. The van der Waals surface area contributed by atoms with E-state index in [4.69, 9.17) is 5.11 Å². The summed E-state index contributed by atoms with van der Waals surface area (Å²) in [7, 11) is 0. The lowest BCUT2D eigenvalue weighted by Gasteiger charge is -2.38. The van der Waals surface area contributed by atoms with Gasteiger partial charge in [-0.15, -0.1) is 0 Å². The third-order valence-electron chi connectivity index (χ3n) is 4.74. The molecule has 2 bridgehead atoms. The van der Waals surface area contributed by atoms with Crippen LogP contribution in [-0.4, -0.2) is 46.4 Å². The Morgan fingerprint density at radius 3 is 2.42 bits per heavy atom. The number of hydrogen-bond acceptors (Lipinski definition) is 3. The summed E-state index contributed by atoms with van der Waals surface area (Å²) in [5.41, 5.74) is 0. The SMILES string of the molecule is O=C1C[C@H]2CC[C@@H](CN1)N2C(=O)[C@H]1CC[C@H]1C(=O)O. The minimum absolute atomic E-state index is 0.00612. The molecule has 3 aliphatic rings. The first-order chi connectivity index (χ1) is 9.08. The number of nitrogens with zero attached hydrogens (tertiary/aromatic N) is 1. The molecule has 104 valence electrons. The van der Waals surface area contributed by atoms with Crippen molar-refractivity contribution in [2.75, 3.05) is 6.54 Å². The van der Waals surface area contributed by atoms with E-state index in [2.05, 4.69) is 5.32 Å². The number of carbonyl (C=O) groups is 3. The highest BCUT2D eigenvalue weighted by atomic mass is 16.4. The van der Waals surface area contributed by atoms with Gasteiger partial charge in [-0.2, -0.15) is 0 Å². The van der Waals surface area contributed by atoms with Gasteiger partial charge in [-0.25, -0.2) is 0 Å². The third-order valence-corrected chi connectivity index (χ3v) is 4.74. The molecule has 6 nitrogen and oxygen atoms in total. The Morgan fingerprint density at radius 1 is 1.11 bits per heavy atom. The summed E-state index contributed by atoms with van der Waals surface area (Å²) >= 11 is 0. The molecule has 2 heterocycles. The maximum absolute atomic E-state index is 12.5. The van der Waals surface area contributed by atoms with Crippen molar-refractivity contribution in [3.05, 3.63) is 0 Å². The highest BCUT2D eigenvalue weighted by molar-refractivity contribution is 5.88. The zero-order chi connectivity index (χ0) is 13.6. The van der Waals surface area contributed by atoms with Crippen LogP contribution >= 0.6 is 0 Å². The first kappa shape index (κ1) is 12.4. The quantitative estimate of drug-likeness (QED) is 0.735. The predicted molar refractivity (Wildman–Crippen MR) is 65.1 cm³/mol. The number of rotatable bonds is 2.